The van der Waals surface area contributed by atoms with Crippen molar-refractivity contribution in [3.8, 4) is 0 Å². The first-order valence-corrected chi connectivity index (χ1v) is 5.32. The van der Waals surface area contributed by atoms with Gasteiger partial charge in [0, 0.05) is 19.3 Å². The first-order valence-electron chi connectivity index (χ1n) is 5.32. The third-order valence-electron chi connectivity index (χ3n) is 1.87. The lowest BCUT2D eigenvalue weighted by molar-refractivity contribution is 0.472. The Morgan fingerprint density at radius 2 is 2.29 bits per heavy atom. The van der Waals surface area contributed by atoms with Crippen molar-refractivity contribution in [2.75, 3.05) is 6.54 Å². The quantitative estimate of drug-likeness (QED) is 0.700. The maximum absolute atomic E-state index is 4.09. The SMILES string of the molecule is CCCNCc1cn(CC(C)C)nn1. The average Bonchev–Trinajstić information content (AvgIpc) is 2.52. The second-order valence-electron chi connectivity index (χ2n) is 4.00. The average molecular weight is 196 g/mol. The Bertz CT molecular complexity index is 254. The van der Waals surface area contributed by atoms with Crippen LogP contribution in [0, 0.1) is 5.92 Å². The number of rotatable bonds is 6. The molecule has 0 saturated heterocycles. The summed E-state index contributed by atoms with van der Waals surface area (Å²) in [6.07, 6.45) is 3.17. The lowest BCUT2D eigenvalue weighted by Crippen LogP contribution is -2.13. The van der Waals surface area contributed by atoms with Gasteiger partial charge in [-0.3, -0.25) is 4.68 Å². The van der Waals surface area contributed by atoms with E-state index < -0.39 is 0 Å². The van der Waals surface area contributed by atoms with E-state index in [0.29, 0.717) is 5.92 Å². The molecule has 1 aromatic rings. The van der Waals surface area contributed by atoms with Crippen molar-refractivity contribution in [2.24, 2.45) is 5.92 Å². The third-order valence-corrected chi connectivity index (χ3v) is 1.87. The molecule has 0 aromatic carbocycles. The Morgan fingerprint density at radius 1 is 1.50 bits per heavy atom. The molecule has 0 unspecified atom stereocenters. The van der Waals surface area contributed by atoms with Gasteiger partial charge in [0.2, 0.25) is 0 Å². The number of nitrogens with one attached hydrogen (secondary N) is 1. The smallest absolute Gasteiger partial charge is 0.0964 e. The molecule has 0 bridgehead atoms. The minimum Gasteiger partial charge on any atom is -0.311 e. The molecule has 1 rings (SSSR count). The van der Waals surface area contributed by atoms with Gasteiger partial charge >= 0.3 is 0 Å². The number of nitrogens with zero attached hydrogens (tertiary/aromatic N) is 3. The Morgan fingerprint density at radius 3 is 2.93 bits per heavy atom. The van der Waals surface area contributed by atoms with Gasteiger partial charge in [0.1, 0.15) is 0 Å². The Balaban J connectivity index is 2.35. The molecule has 1 aromatic heterocycles. The summed E-state index contributed by atoms with van der Waals surface area (Å²) >= 11 is 0. The van der Waals surface area contributed by atoms with Crippen LogP contribution in [0.25, 0.3) is 0 Å². The molecular formula is C10H20N4. The van der Waals surface area contributed by atoms with E-state index in [2.05, 4.69) is 36.4 Å². The molecule has 0 aliphatic carbocycles. The number of aromatic nitrogens is 3. The molecule has 4 nitrogen and oxygen atoms in total. The van der Waals surface area contributed by atoms with E-state index in [-0.39, 0.29) is 0 Å². The molecule has 0 radical (unpaired) electrons. The van der Waals surface area contributed by atoms with Crippen molar-refractivity contribution >= 4 is 0 Å². The summed E-state index contributed by atoms with van der Waals surface area (Å²) < 4.78 is 1.91. The molecule has 0 amide bonds. The lowest BCUT2D eigenvalue weighted by Gasteiger charge is -2.02. The fourth-order valence-corrected chi connectivity index (χ4v) is 1.28. The van der Waals surface area contributed by atoms with Crippen molar-refractivity contribution in [1.82, 2.24) is 20.3 Å². The molecule has 80 valence electrons. The van der Waals surface area contributed by atoms with E-state index >= 15 is 0 Å². The van der Waals surface area contributed by atoms with E-state index in [0.717, 1.165) is 31.7 Å². The summed E-state index contributed by atoms with van der Waals surface area (Å²) in [4.78, 5) is 0. The summed E-state index contributed by atoms with van der Waals surface area (Å²) in [6, 6.07) is 0. The monoisotopic (exact) mass is 196 g/mol. The van der Waals surface area contributed by atoms with Crippen molar-refractivity contribution in [1.29, 1.82) is 0 Å². The van der Waals surface area contributed by atoms with Crippen LogP contribution >= 0.6 is 0 Å². The summed E-state index contributed by atoms with van der Waals surface area (Å²) in [7, 11) is 0. The van der Waals surface area contributed by atoms with Crippen molar-refractivity contribution in [2.45, 2.75) is 40.3 Å². The molecular weight excluding hydrogens is 176 g/mol. The molecule has 1 heterocycles. The predicted molar refractivity (Wildman–Crippen MR) is 56.9 cm³/mol. The summed E-state index contributed by atoms with van der Waals surface area (Å²) in [5, 5.41) is 11.5. The third kappa shape index (κ3) is 3.87. The first kappa shape index (κ1) is 11.2. The van der Waals surface area contributed by atoms with Crippen LogP contribution in [-0.4, -0.2) is 21.5 Å². The molecule has 14 heavy (non-hydrogen) atoms. The highest BCUT2D eigenvalue weighted by Crippen LogP contribution is 1.98. The van der Waals surface area contributed by atoms with Crippen molar-refractivity contribution < 1.29 is 0 Å². The van der Waals surface area contributed by atoms with Gasteiger partial charge in [-0.15, -0.1) is 5.10 Å². The highest BCUT2D eigenvalue weighted by atomic mass is 15.4. The zero-order valence-corrected chi connectivity index (χ0v) is 9.32. The summed E-state index contributed by atoms with van der Waals surface area (Å²) in [6.45, 7) is 9.32. The molecule has 0 atom stereocenters. The van der Waals surface area contributed by atoms with E-state index in [1.165, 1.54) is 0 Å². The van der Waals surface area contributed by atoms with Crippen LogP contribution in [0.3, 0.4) is 0 Å². The maximum Gasteiger partial charge on any atom is 0.0964 e. The summed E-state index contributed by atoms with van der Waals surface area (Å²) in [5.74, 6) is 0.619. The summed E-state index contributed by atoms with van der Waals surface area (Å²) in [5.41, 5.74) is 1.03. The van der Waals surface area contributed by atoms with E-state index in [9.17, 15) is 0 Å². The minimum absolute atomic E-state index is 0.619. The Labute approximate surface area is 85.7 Å². The van der Waals surface area contributed by atoms with Crippen molar-refractivity contribution in [3.63, 3.8) is 0 Å². The lowest BCUT2D eigenvalue weighted by atomic mass is 10.2. The second kappa shape index (κ2) is 5.75. The first-order chi connectivity index (χ1) is 6.72. The molecule has 0 spiro atoms. The van der Waals surface area contributed by atoms with Crippen LogP contribution in [-0.2, 0) is 13.1 Å². The van der Waals surface area contributed by atoms with Gasteiger partial charge in [0.15, 0.2) is 0 Å². The standard InChI is InChI=1S/C10H20N4/c1-4-5-11-6-10-8-14(13-12-10)7-9(2)3/h8-9,11H,4-7H2,1-3H3. The van der Waals surface area contributed by atoms with Crippen LogP contribution in [0.5, 0.6) is 0 Å². The van der Waals surface area contributed by atoms with Gasteiger partial charge in [-0.05, 0) is 18.9 Å². The van der Waals surface area contributed by atoms with Gasteiger partial charge in [-0.1, -0.05) is 26.0 Å². The zero-order chi connectivity index (χ0) is 10.4. The molecule has 0 fully saturated rings. The second-order valence-corrected chi connectivity index (χ2v) is 4.00. The maximum atomic E-state index is 4.09. The Kier molecular flexibility index (Phi) is 4.59. The highest BCUT2D eigenvalue weighted by Gasteiger charge is 2.01. The predicted octanol–water partition coefficient (Wildman–Crippen LogP) is 1.43. The van der Waals surface area contributed by atoms with Gasteiger partial charge in [-0.2, -0.15) is 0 Å². The molecule has 0 aliphatic heterocycles. The van der Waals surface area contributed by atoms with Crippen LogP contribution in [0.15, 0.2) is 6.20 Å². The zero-order valence-electron chi connectivity index (χ0n) is 9.32. The molecule has 1 N–H and O–H groups in total. The topological polar surface area (TPSA) is 42.7 Å². The fraction of sp³-hybridized carbons (Fsp3) is 0.800. The highest BCUT2D eigenvalue weighted by molar-refractivity contribution is 4.91. The Hall–Kier alpha value is -0.900. The molecule has 4 heteroatoms. The fourth-order valence-electron chi connectivity index (χ4n) is 1.28. The van der Waals surface area contributed by atoms with Crippen LogP contribution < -0.4 is 5.32 Å². The van der Waals surface area contributed by atoms with Crippen LogP contribution in [0.1, 0.15) is 32.9 Å². The van der Waals surface area contributed by atoms with Crippen LogP contribution in [0.4, 0.5) is 0 Å². The molecule has 0 saturated carbocycles. The van der Waals surface area contributed by atoms with E-state index in [1.807, 2.05) is 10.9 Å². The van der Waals surface area contributed by atoms with Gasteiger partial charge in [0.25, 0.3) is 0 Å². The van der Waals surface area contributed by atoms with Crippen molar-refractivity contribution in [3.05, 3.63) is 11.9 Å². The largest absolute Gasteiger partial charge is 0.311 e. The van der Waals surface area contributed by atoms with Gasteiger partial charge in [-0.25, -0.2) is 0 Å². The normalized spacial score (nSPS) is 11.1. The minimum atomic E-state index is 0.619. The van der Waals surface area contributed by atoms with Crippen LogP contribution in [0.2, 0.25) is 0 Å². The number of hydrogen-bond acceptors (Lipinski definition) is 3. The van der Waals surface area contributed by atoms with Gasteiger partial charge in [0.05, 0.1) is 5.69 Å². The van der Waals surface area contributed by atoms with Gasteiger partial charge < -0.3 is 5.32 Å². The molecule has 0 aliphatic rings. The number of hydrogen-bond donors (Lipinski definition) is 1. The van der Waals surface area contributed by atoms with E-state index in [4.69, 9.17) is 0 Å². The van der Waals surface area contributed by atoms with E-state index in [1.54, 1.807) is 0 Å².